The van der Waals surface area contributed by atoms with Crippen LogP contribution >= 0.6 is 0 Å². The number of carbonyl (C=O) groups is 2. The number of nitrogens with zero attached hydrogens (tertiary/aromatic N) is 2. The fourth-order valence-electron chi connectivity index (χ4n) is 3.19. The highest BCUT2D eigenvalue weighted by molar-refractivity contribution is 5.94. The second kappa shape index (κ2) is 9.61. The first-order chi connectivity index (χ1) is 15.6. The lowest BCUT2D eigenvalue weighted by Crippen LogP contribution is -2.26. The molecule has 7 heteroatoms. The van der Waals surface area contributed by atoms with E-state index in [4.69, 9.17) is 9.57 Å². The fraction of sp³-hybridized carbons (Fsp3) is 0.0800. The van der Waals surface area contributed by atoms with Crippen LogP contribution in [0.15, 0.2) is 85.1 Å². The Kier molecular flexibility index (Phi) is 6.27. The standard InChI is InChI=1S/C25H20N2O5/c28-17-27(32-23(29)14-11-18-7-3-1-4-8-18)25-24(30)22-13-12-21(15-19(22)16-26-25)31-20-9-5-2-6-10-20/h1-10,12-13,15-17,30H,11,14H2. The highest BCUT2D eigenvalue weighted by Gasteiger charge is 2.20. The van der Waals surface area contributed by atoms with E-state index < -0.39 is 5.97 Å². The summed E-state index contributed by atoms with van der Waals surface area (Å²) in [6.07, 6.45) is 2.30. The van der Waals surface area contributed by atoms with E-state index >= 15 is 0 Å². The molecule has 0 fully saturated rings. The van der Waals surface area contributed by atoms with Crippen LogP contribution in [0.4, 0.5) is 5.82 Å². The molecular weight excluding hydrogens is 408 g/mol. The van der Waals surface area contributed by atoms with Crippen LogP contribution < -0.4 is 9.80 Å². The smallest absolute Gasteiger partial charge is 0.333 e. The summed E-state index contributed by atoms with van der Waals surface area (Å²) in [6, 6.07) is 23.8. The van der Waals surface area contributed by atoms with Crippen molar-refractivity contribution in [2.24, 2.45) is 0 Å². The number of hydrogen-bond acceptors (Lipinski definition) is 6. The van der Waals surface area contributed by atoms with Crippen LogP contribution in [0.5, 0.6) is 17.2 Å². The molecule has 4 rings (SSSR count). The van der Waals surface area contributed by atoms with E-state index in [1.165, 1.54) is 6.20 Å². The lowest BCUT2D eigenvalue weighted by molar-refractivity contribution is -0.147. The van der Waals surface area contributed by atoms with E-state index in [0.717, 1.165) is 5.56 Å². The molecule has 0 radical (unpaired) electrons. The number of carbonyl (C=O) groups excluding carboxylic acids is 2. The van der Waals surface area contributed by atoms with Gasteiger partial charge in [0.2, 0.25) is 12.2 Å². The number of aryl methyl sites for hydroxylation is 1. The van der Waals surface area contributed by atoms with Gasteiger partial charge < -0.3 is 14.7 Å². The molecule has 1 N–H and O–H groups in total. The molecule has 1 heterocycles. The van der Waals surface area contributed by atoms with Crippen molar-refractivity contribution in [3.8, 4) is 17.2 Å². The first-order valence-electron chi connectivity index (χ1n) is 9.98. The summed E-state index contributed by atoms with van der Waals surface area (Å²) in [6.45, 7) is 0. The lowest BCUT2D eigenvalue weighted by Gasteiger charge is -2.17. The first-order valence-corrected chi connectivity index (χ1v) is 9.98. The Morgan fingerprint density at radius 3 is 2.41 bits per heavy atom. The van der Waals surface area contributed by atoms with Crippen molar-refractivity contribution in [3.05, 3.63) is 90.6 Å². The van der Waals surface area contributed by atoms with Crippen LogP contribution in [0.2, 0.25) is 0 Å². The molecule has 0 unspecified atom stereocenters. The molecule has 1 aromatic heterocycles. The molecule has 0 atom stereocenters. The number of amides is 1. The van der Waals surface area contributed by atoms with Crippen molar-refractivity contribution >= 4 is 29.0 Å². The summed E-state index contributed by atoms with van der Waals surface area (Å²) in [5.74, 6) is 0.176. The van der Waals surface area contributed by atoms with E-state index in [-0.39, 0.29) is 18.0 Å². The Balaban J connectivity index is 1.49. The van der Waals surface area contributed by atoms with E-state index in [1.807, 2.05) is 60.7 Å². The van der Waals surface area contributed by atoms with Gasteiger partial charge in [-0.1, -0.05) is 48.5 Å². The zero-order valence-corrected chi connectivity index (χ0v) is 17.0. The number of anilines is 1. The van der Waals surface area contributed by atoms with Gasteiger partial charge in [0.25, 0.3) is 0 Å². The molecule has 0 saturated heterocycles. The van der Waals surface area contributed by atoms with Crippen LogP contribution in [-0.2, 0) is 20.8 Å². The molecule has 0 aliphatic heterocycles. The Labute approximate surface area is 184 Å². The topological polar surface area (TPSA) is 89.0 Å². The second-order valence-corrected chi connectivity index (χ2v) is 6.97. The highest BCUT2D eigenvalue weighted by Crippen LogP contribution is 2.35. The minimum absolute atomic E-state index is 0.0723. The van der Waals surface area contributed by atoms with Gasteiger partial charge in [0.15, 0.2) is 5.75 Å². The minimum atomic E-state index is -0.617. The van der Waals surface area contributed by atoms with E-state index in [9.17, 15) is 14.7 Å². The van der Waals surface area contributed by atoms with Crippen LogP contribution in [-0.4, -0.2) is 22.5 Å². The van der Waals surface area contributed by atoms with Gasteiger partial charge in [-0.05, 0) is 42.3 Å². The normalized spacial score (nSPS) is 10.5. The quantitative estimate of drug-likeness (QED) is 0.321. The second-order valence-electron chi connectivity index (χ2n) is 6.97. The molecule has 0 aliphatic carbocycles. The van der Waals surface area contributed by atoms with E-state index in [1.54, 1.807) is 18.2 Å². The van der Waals surface area contributed by atoms with Gasteiger partial charge in [-0.3, -0.25) is 4.79 Å². The van der Waals surface area contributed by atoms with Gasteiger partial charge in [-0.25, -0.2) is 9.78 Å². The highest BCUT2D eigenvalue weighted by atomic mass is 16.7. The number of hydroxylamine groups is 1. The summed E-state index contributed by atoms with van der Waals surface area (Å²) >= 11 is 0. The van der Waals surface area contributed by atoms with Gasteiger partial charge in [-0.15, -0.1) is 5.06 Å². The van der Waals surface area contributed by atoms with Crippen molar-refractivity contribution < 1.29 is 24.3 Å². The Hall–Kier alpha value is -4.39. The molecule has 1 amide bonds. The summed E-state index contributed by atoms with van der Waals surface area (Å²) in [7, 11) is 0. The van der Waals surface area contributed by atoms with Gasteiger partial charge in [0, 0.05) is 17.0 Å². The number of para-hydroxylation sites is 1. The molecule has 0 bridgehead atoms. The van der Waals surface area contributed by atoms with Crippen LogP contribution in [0.25, 0.3) is 10.8 Å². The summed E-state index contributed by atoms with van der Waals surface area (Å²) in [5.41, 5.74) is 0.974. The average Bonchev–Trinajstić information content (AvgIpc) is 2.83. The van der Waals surface area contributed by atoms with E-state index in [2.05, 4.69) is 4.98 Å². The average molecular weight is 428 g/mol. The van der Waals surface area contributed by atoms with Gasteiger partial charge >= 0.3 is 5.97 Å². The summed E-state index contributed by atoms with van der Waals surface area (Å²) in [4.78, 5) is 33.0. The number of fused-ring (bicyclic) bond motifs is 1. The Morgan fingerprint density at radius 2 is 1.69 bits per heavy atom. The van der Waals surface area contributed by atoms with E-state index in [0.29, 0.717) is 40.2 Å². The molecule has 7 nitrogen and oxygen atoms in total. The van der Waals surface area contributed by atoms with Gasteiger partial charge in [-0.2, -0.15) is 0 Å². The SMILES string of the molecule is O=CN(OC(=O)CCc1ccccc1)c1ncc2cc(Oc3ccccc3)ccc2c1O. The Morgan fingerprint density at radius 1 is 0.969 bits per heavy atom. The third-order valence-electron chi connectivity index (χ3n) is 4.76. The number of aromatic hydroxyl groups is 1. The maximum absolute atomic E-state index is 12.2. The number of ether oxygens (including phenoxy) is 1. The predicted octanol–water partition coefficient (Wildman–Crippen LogP) is 4.79. The fourth-order valence-corrected chi connectivity index (χ4v) is 3.19. The largest absolute Gasteiger partial charge is 0.504 e. The van der Waals surface area contributed by atoms with Crippen LogP contribution in [0.3, 0.4) is 0 Å². The molecule has 0 aliphatic rings. The van der Waals surface area contributed by atoms with Crippen molar-refractivity contribution in [3.63, 3.8) is 0 Å². The third kappa shape index (κ3) is 4.84. The first kappa shape index (κ1) is 20.9. The number of benzene rings is 3. The molecule has 32 heavy (non-hydrogen) atoms. The monoisotopic (exact) mass is 428 g/mol. The summed E-state index contributed by atoms with van der Waals surface area (Å²) in [5, 5.41) is 12.3. The van der Waals surface area contributed by atoms with Crippen LogP contribution in [0, 0.1) is 0 Å². The number of pyridine rings is 1. The zero-order valence-electron chi connectivity index (χ0n) is 17.0. The third-order valence-corrected chi connectivity index (χ3v) is 4.76. The molecular formula is C25H20N2O5. The number of hydrogen-bond donors (Lipinski definition) is 1. The maximum Gasteiger partial charge on any atom is 0.333 e. The molecule has 4 aromatic rings. The number of aromatic nitrogens is 1. The molecule has 0 spiro atoms. The molecule has 0 saturated carbocycles. The number of rotatable bonds is 8. The molecule has 3 aromatic carbocycles. The van der Waals surface area contributed by atoms with Crippen LogP contribution in [0.1, 0.15) is 12.0 Å². The van der Waals surface area contributed by atoms with Crippen molar-refractivity contribution in [1.82, 2.24) is 4.98 Å². The predicted molar refractivity (Wildman–Crippen MR) is 119 cm³/mol. The molecule has 160 valence electrons. The minimum Gasteiger partial charge on any atom is -0.504 e. The summed E-state index contributed by atoms with van der Waals surface area (Å²) < 4.78 is 5.80. The maximum atomic E-state index is 12.2. The van der Waals surface area contributed by atoms with Gasteiger partial charge in [0.05, 0.1) is 6.42 Å². The van der Waals surface area contributed by atoms with Crippen molar-refractivity contribution in [2.45, 2.75) is 12.8 Å². The van der Waals surface area contributed by atoms with Gasteiger partial charge in [0.1, 0.15) is 11.5 Å². The van der Waals surface area contributed by atoms with Crippen molar-refractivity contribution in [2.75, 3.05) is 5.06 Å². The Bertz CT molecular complexity index is 1230. The zero-order chi connectivity index (χ0) is 22.3. The lowest BCUT2D eigenvalue weighted by atomic mass is 10.1. The van der Waals surface area contributed by atoms with Crippen molar-refractivity contribution in [1.29, 1.82) is 0 Å².